The number of hydrogen-bond acceptors (Lipinski definition) is 2. The molecule has 0 radical (unpaired) electrons. The molecule has 0 N–H and O–H groups in total. The lowest BCUT2D eigenvalue weighted by atomic mass is 10.1. The summed E-state index contributed by atoms with van der Waals surface area (Å²) in [7, 11) is 0. The Morgan fingerprint density at radius 2 is 1.36 bits per heavy atom. The van der Waals surface area contributed by atoms with Crippen LogP contribution in [0.1, 0.15) is 13.8 Å². The van der Waals surface area contributed by atoms with Gasteiger partial charge < -0.3 is 4.90 Å². The fourth-order valence-corrected chi connectivity index (χ4v) is 3.20. The molecular weight excluding hydrogens is 268 g/mol. The zero-order valence-corrected chi connectivity index (χ0v) is 13.7. The molecule has 0 amide bonds. The highest BCUT2D eigenvalue weighted by Crippen LogP contribution is 2.23. The minimum Gasteiger partial charge on any atom is -0.369 e. The Hall–Kier alpha value is -1.80. The molecule has 0 aliphatic carbocycles. The summed E-state index contributed by atoms with van der Waals surface area (Å²) >= 11 is 0. The van der Waals surface area contributed by atoms with Crippen molar-refractivity contribution in [1.29, 1.82) is 0 Å². The Morgan fingerprint density at radius 1 is 0.773 bits per heavy atom. The van der Waals surface area contributed by atoms with Crippen molar-refractivity contribution in [1.82, 2.24) is 4.90 Å². The Kier molecular flexibility index (Phi) is 4.79. The normalized spacial score (nSPS) is 16.2. The summed E-state index contributed by atoms with van der Waals surface area (Å²) in [5, 5.41) is 0. The van der Waals surface area contributed by atoms with Gasteiger partial charge in [0.15, 0.2) is 0 Å². The van der Waals surface area contributed by atoms with E-state index in [0.29, 0.717) is 0 Å². The Morgan fingerprint density at radius 3 is 1.95 bits per heavy atom. The maximum Gasteiger partial charge on any atom is 0.0367 e. The molecule has 2 aromatic rings. The van der Waals surface area contributed by atoms with Gasteiger partial charge in [0.2, 0.25) is 0 Å². The average Bonchev–Trinajstić information content (AvgIpc) is 2.56. The predicted octanol–water partition coefficient (Wildman–Crippen LogP) is 4.13. The van der Waals surface area contributed by atoms with E-state index in [1.165, 1.54) is 36.4 Å². The Labute approximate surface area is 134 Å². The highest BCUT2D eigenvalue weighted by Gasteiger charge is 2.17. The van der Waals surface area contributed by atoms with E-state index in [2.05, 4.69) is 78.2 Å². The molecule has 0 atom stereocenters. The van der Waals surface area contributed by atoms with Crippen LogP contribution in [0.3, 0.4) is 0 Å². The minimum absolute atomic E-state index is 0.761. The SMILES string of the molecule is CC(C)CN1CCN(c2ccc(-c3ccccc3)cc2)CC1. The fourth-order valence-electron chi connectivity index (χ4n) is 3.20. The lowest BCUT2D eigenvalue weighted by Crippen LogP contribution is -2.47. The van der Waals surface area contributed by atoms with E-state index >= 15 is 0 Å². The van der Waals surface area contributed by atoms with Crippen molar-refractivity contribution < 1.29 is 0 Å². The molecular formula is C20H26N2. The Balaban J connectivity index is 1.62. The summed E-state index contributed by atoms with van der Waals surface area (Å²) in [6, 6.07) is 19.6. The first-order chi connectivity index (χ1) is 10.7. The van der Waals surface area contributed by atoms with Crippen LogP contribution < -0.4 is 4.90 Å². The molecule has 1 heterocycles. The largest absolute Gasteiger partial charge is 0.369 e. The molecule has 1 aliphatic heterocycles. The highest BCUT2D eigenvalue weighted by atomic mass is 15.3. The molecule has 3 rings (SSSR count). The first-order valence-corrected chi connectivity index (χ1v) is 8.35. The summed E-state index contributed by atoms with van der Waals surface area (Å²) in [5.41, 5.74) is 3.93. The van der Waals surface area contributed by atoms with E-state index in [9.17, 15) is 0 Å². The topological polar surface area (TPSA) is 6.48 Å². The van der Waals surface area contributed by atoms with Crippen LogP contribution in [-0.2, 0) is 0 Å². The monoisotopic (exact) mass is 294 g/mol. The van der Waals surface area contributed by atoms with Crippen LogP contribution in [0.25, 0.3) is 11.1 Å². The van der Waals surface area contributed by atoms with Gasteiger partial charge in [0.05, 0.1) is 0 Å². The van der Waals surface area contributed by atoms with Crippen molar-refractivity contribution in [3.63, 3.8) is 0 Å². The van der Waals surface area contributed by atoms with Gasteiger partial charge in [0.1, 0.15) is 0 Å². The zero-order chi connectivity index (χ0) is 15.4. The number of nitrogens with zero attached hydrogens (tertiary/aromatic N) is 2. The number of piperazine rings is 1. The first kappa shape index (κ1) is 15.1. The molecule has 0 unspecified atom stereocenters. The highest BCUT2D eigenvalue weighted by molar-refractivity contribution is 5.66. The summed E-state index contributed by atoms with van der Waals surface area (Å²) in [4.78, 5) is 5.09. The first-order valence-electron chi connectivity index (χ1n) is 8.35. The van der Waals surface area contributed by atoms with Gasteiger partial charge in [0.25, 0.3) is 0 Å². The van der Waals surface area contributed by atoms with Crippen molar-refractivity contribution in [3.05, 3.63) is 54.6 Å². The van der Waals surface area contributed by atoms with Gasteiger partial charge in [-0.25, -0.2) is 0 Å². The molecule has 0 bridgehead atoms. The molecule has 2 nitrogen and oxygen atoms in total. The molecule has 1 aliphatic rings. The van der Waals surface area contributed by atoms with Crippen LogP contribution in [0.2, 0.25) is 0 Å². The molecule has 1 saturated heterocycles. The van der Waals surface area contributed by atoms with Gasteiger partial charge in [-0.3, -0.25) is 4.90 Å². The molecule has 0 spiro atoms. The zero-order valence-electron chi connectivity index (χ0n) is 13.7. The van der Waals surface area contributed by atoms with Crippen LogP contribution in [0.4, 0.5) is 5.69 Å². The van der Waals surface area contributed by atoms with Crippen LogP contribution >= 0.6 is 0 Å². The van der Waals surface area contributed by atoms with E-state index < -0.39 is 0 Å². The number of anilines is 1. The second kappa shape index (κ2) is 6.97. The second-order valence-electron chi connectivity index (χ2n) is 6.59. The van der Waals surface area contributed by atoms with Crippen molar-refractivity contribution in [2.75, 3.05) is 37.6 Å². The summed E-state index contributed by atoms with van der Waals surface area (Å²) in [6.07, 6.45) is 0. The molecule has 22 heavy (non-hydrogen) atoms. The van der Waals surface area contributed by atoms with Crippen molar-refractivity contribution in [3.8, 4) is 11.1 Å². The molecule has 0 aromatic heterocycles. The van der Waals surface area contributed by atoms with Crippen molar-refractivity contribution >= 4 is 5.69 Å². The maximum absolute atomic E-state index is 2.58. The summed E-state index contributed by atoms with van der Waals surface area (Å²) in [6.45, 7) is 10.5. The lowest BCUT2D eigenvalue weighted by molar-refractivity contribution is 0.231. The van der Waals surface area contributed by atoms with Gasteiger partial charge >= 0.3 is 0 Å². The Bertz CT molecular complexity index is 566. The smallest absolute Gasteiger partial charge is 0.0367 e. The van der Waals surface area contributed by atoms with Crippen LogP contribution in [0, 0.1) is 5.92 Å². The average molecular weight is 294 g/mol. The quantitative estimate of drug-likeness (QED) is 0.836. The van der Waals surface area contributed by atoms with Crippen LogP contribution in [-0.4, -0.2) is 37.6 Å². The number of rotatable bonds is 4. The van der Waals surface area contributed by atoms with Gasteiger partial charge in [-0.1, -0.05) is 56.3 Å². The lowest BCUT2D eigenvalue weighted by Gasteiger charge is -2.36. The van der Waals surface area contributed by atoms with E-state index in [1.54, 1.807) is 0 Å². The third kappa shape index (κ3) is 3.69. The summed E-state index contributed by atoms with van der Waals surface area (Å²) < 4.78 is 0. The third-order valence-corrected chi connectivity index (χ3v) is 4.34. The molecule has 1 fully saturated rings. The van der Waals surface area contributed by atoms with Crippen molar-refractivity contribution in [2.45, 2.75) is 13.8 Å². The fraction of sp³-hybridized carbons (Fsp3) is 0.400. The van der Waals surface area contributed by atoms with E-state index in [4.69, 9.17) is 0 Å². The minimum atomic E-state index is 0.761. The molecule has 116 valence electrons. The van der Waals surface area contributed by atoms with Crippen molar-refractivity contribution in [2.24, 2.45) is 5.92 Å². The third-order valence-electron chi connectivity index (χ3n) is 4.34. The number of benzene rings is 2. The van der Waals surface area contributed by atoms with Gasteiger partial charge in [-0.2, -0.15) is 0 Å². The van der Waals surface area contributed by atoms with Gasteiger partial charge in [0, 0.05) is 38.4 Å². The van der Waals surface area contributed by atoms with E-state index in [0.717, 1.165) is 19.0 Å². The molecule has 2 aromatic carbocycles. The predicted molar refractivity (Wildman–Crippen MR) is 95.4 cm³/mol. The van der Waals surface area contributed by atoms with E-state index in [-0.39, 0.29) is 0 Å². The van der Waals surface area contributed by atoms with Crippen LogP contribution in [0.15, 0.2) is 54.6 Å². The van der Waals surface area contributed by atoms with Crippen LogP contribution in [0.5, 0.6) is 0 Å². The van der Waals surface area contributed by atoms with Gasteiger partial charge in [-0.15, -0.1) is 0 Å². The van der Waals surface area contributed by atoms with Gasteiger partial charge in [-0.05, 0) is 29.2 Å². The number of hydrogen-bond donors (Lipinski definition) is 0. The molecule has 0 saturated carbocycles. The standard InChI is InChI=1S/C20H26N2/c1-17(2)16-21-12-14-22(15-13-21)20-10-8-19(9-11-20)18-6-4-3-5-7-18/h3-11,17H,12-16H2,1-2H3. The van der Waals surface area contributed by atoms with E-state index in [1.807, 2.05) is 0 Å². The summed E-state index contributed by atoms with van der Waals surface area (Å²) in [5.74, 6) is 0.761. The maximum atomic E-state index is 2.58. The second-order valence-corrected chi connectivity index (χ2v) is 6.59. The molecule has 2 heteroatoms.